The minimum Gasteiger partial charge on any atom is -0.481 e. The predicted octanol–water partition coefficient (Wildman–Crippen LogP) is 4.70. The first kappa shape index (κ1) is 25.3. The van der Waals surface area contributed by atoms with Crippen LogP contribution in [-0.4, -0.2) is 41.3 Å². The molecular formula is C27H34N2O5. The molecule has 3 N–H and O–H groups in total. The Morgan fingerprint density at radius 2 is 1.50 bits per heavy atom. The summed E-state index contributed by atoms with van der Waals surface area (Å²) in [6, 6.07) is 15.8. The number of amides is 2. The van der Waals surface area contributed by atoms with Gasteiger partial charge in [-0.3, -0.25) is 9.59 Å². The number of carboxylic acid groups (broad SMARTS) is 1. The van der Waals surface area contributed by atoms with Crippen LogP contribution in [0.15, 0.2) is 48.5 Å². The van der Waals surface area contributed by atoms with Gasteiger partial charge in [0.15, 0.2) is 0 Å². The van der Waals surface area contributed by atoms with Crippen LogP contribution < -0.4 is 10.6 Å². The summed E-state index contributed by atoms with van der Waals surface area (Å²) in [5.74, 6) is -1.36. The highest BCUT2D eigenvalue weighted by Crippen LogP contribution is 2.44. The third-order valence-corrected chi connectivity index (χ3v) is 7.14. The highest BCUT2D eigenvalue weighted by molar-refractivity contribution is 5.85. The van der Waals surface area contributed by atoms with Crippen LogP contribution in [0, 0.1) is 5.41 Å². The normalized spacial score (nSPS) is 14.0. The van der Waals surface area contributed by atoms with E-state index in [0.717, 1.165) is 22.3 Å². The van der Waals surface area contributed by atoms with Gasteiger partial charge >= 0.3 is 12.1 Å². The predicted molar refractivity (Wildman–Crippen MR) is 131 cm³/mol. The van der Waals surface area contributed by atoms with Gasteiger partial charge in [0.1, 0.15) is 6.61 Å². The maximum atomic E-state index is 13.0. The molecule has 0 unspecified atom stereocenters. The van der Waals surface area contributed by atoms with Crippen LogP contribution >= 0.6 is 0 Å². The highest BCUT2D eigenvalue weighted by Gasteiger charge is 2.45. The van der Waals surface area contributed by atoms with Crippen LogP contribution in [0.1, 0.15) is 64.5 Å². The molecule has 0 saturated carbocycles. The average molecular weight is 467 g/mol. The zero-order valence-electron chi connectivity index (χ0n) is 20.5. The first-order valence-corrected chi connectivity index (χ1v) is 11.6. The molecule has 0 fully saturated rings. The molecule has 2 amide bonds. The Balaban J connectivity index is 1.66. The molecule has 2 aromatic carbocycles. The van der Waals surface area contributed by atoms with Crippen molar-refractivity contribution in [2.24, 2.45) is 5.41 Å². The summed E-state index contributed by atoms with van der Waals surface area (Å²) >= 11 is 0. The van der Waals surface area contributed by atoms with Gasteiger partial charge in [-0.1, -0.05) is 55.5 Å². The van der Waals surface area contributed by atoms with Crippen molar-refractivity contribution >= 4 is 18.0 Å². The average Bonchev–Trinajstić information content (AvgIpc) is 3.10. The number of benzene rings is 2. The first-order chi connectivity index (χ1) is 16.0. The van der Waals surface area contributed by atoms with Crippen molar-refractivity contribution < 1.29 is 24.2 Å². The third kappa shape index (κ3) is 5.08. The lowest BCUT2D eigenvalue weighted by Gasteiger charge is -2.41. The number of hydrogen-bond donors (Lipinski definition) is 3. The smallest absolute Gasteiger partial charge is 0.407 e. The fourth-order valence-electron chi connectivity index (χ4n) is 4.20. The quantitative estimate of drug-likeness (QED) is 0.497. The second kappa shape index (κ2) is 9.87. The van der Waals surface area contributed by atoms with Crippen molar-refractivity contribution in [1.29, 1.82) is 0 Å². The largest absolute Gasteiger partial charge is 0.481 e. The molecule has 0 spiro atoms. The molecule has 1 aliphatic rings. The second-order valence-electron chi connectivity index (χ2n) is 9.88. The summed E-state index contributed by atoms with van der Waals surface area (Å²) in [7, 11) is 0. The van der Waals surface area contributed by atoms with Crippen LogP contribution in [0.3, 0.4) is 0 Å². The van der Waals surface area contributed by atoms with Gasteiger partial charge in [-0.25, -0.2) is 4.79 Å². The summed E-state index contributed by atoms with van der Waals surface area (Å²) in [6.45, 7) is 8.96. The fourth-order valence-corrected chi connectivity index (χ4v) is 4.20. The van der Waals surface area contributed by atoms with Gasteiger partial charge in [-0.05, 0) is 56.4 Å². The van der Waals surface area contributed by atoms with E-state index < -0.39 is 29.1 Å². The summed E-state index contributed by atoms with van der Waals surface area (Å²) in [6.07, 6.45) is -0.266. The summed E-state index contributed by atoms with van der Waals surface area (Å²) < 4.78 is 5.65. The van der Waals surface area contributed by atoms with Crippen molar-refractivity contribution in [3.63, 3.8) is 0 Å². The summed E-state index contributed by atoms with van der Waals surface area (Å²) in [4.78, 5) is 36.8. The molecule has 7 heteroatoms. The van der Waals surface area contributed by atoms with Crippen molar-refractivity contribution in [3.05, 3.63) is 59.7 Å². The Morgan fingerprint density at radius 1 is 0.971 bits per heavy atom. The number of carbonyl (C=O) groups is 3. The van der Waals surface area contributed by atoms with E-state index in [2.05, 4.69) is 34.9 Å². The zero-order chi connectivity index (χ0) is 25.1. The number of ether oxygens (including phenoxy) is 1. The topological polar surface area (TPSA) is 105 Å². The van der Waals surface area contributed by atoms with Gasteiger partial charge < -0.3 is 20.5 Å². The van der Waals surface area contributed by atoms with Crippen LogP contribution in [0.5, 0.6) is 0 Å². The number of hydrogen-bond acceptors (Lipinski definition) is 4. The van der Waals surface area contributed by atoms with Crippen molar-refractivity contribution in [3.8, 4) is 11.1 Å². The van der Waals surface area contributed by atoms with Gasteiger partial charge in [0, 0.05) is 12.0 Å². The van der Waals surface area contributed by atoms with E-state index in [1.54, 1.807) is 27.7 Å². The van der Waals surface area contributed by atoms with Crippen molar-refractivity contribution in [2.45, 2.75) is 65.0 Å². The van der Waals surface area contributed by atoms with E-state index in [1.165, 1.54) is 0 Å². The molecule has 0 radical (unpaired) electrons. The lowest BCUT2D eigenvalue weighted by molar-refractivity contribution is -0.138. The third-order valence-electron chi connectivity index (χ3n) is 7.14. The maximum absolute atomic E-state index is 13.0. The Bertz CT molecular complexity index is 1030. The Labute approximate surface area is 200 Å². The molecule has 0 bridgehead atoms. The number of aliphatic carboxylic acids is 1. The first-order valence-electron chi connectivity index (χ1n) is 11.6. The van der Waals surface area contributed by atoms with Crippen molar-refractivity contribution in [2.75, 3.05) is 6.61 Å². The maximum Gasteiger partial charge on any atom is 0.407 e. The van der Waals surface area contributed by atoms with E-state index >= 15 is 0 Å². The zero-order valence-corrected chi connectivity index (χ0v) is 20.5. The number of carboxylic acids is 1. The molecule has 1 atom stereocenters. The van der Waals surface area contributed by atoms with Crippen LogP contribution in [0.2, 0.25) is 0 Å². The number of carbonyl (C=O) groups excluding carboxylic acids is 2. The molecule has 3 rings (SSSR count). The minimum atomic E-state index is -1.02. The standard InChI is InChI=1S/C27H34N2O5/c1-6-17(15-23(30)31)28-24(32)26(2,3)27(4,5)29-25(33)34-16-22-20-13-9-7-11-18(20)19-12-8-10-14-21(19)22/h7-14,17,22H,6,15-16H2,1-5H3,(H,28,32)(H,29,33)(H,30,31)/t17-/m0/s1. The second-order valence-corrected chi connectivity index (χ2v) is 9.88. The van der Waals surface area contributed by atoms with Gasteiger partial charge in [0.05, 0.1) is 17.4 Å². The molecule has 0 saturated heterocycles. The molecule has 2 aromatic rings. The van der Waals surface area contributed by atoms with Crippen molar-refractivity contribution in [1.82, 2.24) is 10.6 Å². The summed E-state index contributed by atoms with van der Waals surface area (Å²) in [5, 5.41) is 14.7. The number of alkyl carbamates (subject to hydrolysis) is 1. The highest BCUT2D eigenvalue weighted by atomic mass is 16.5. The molecule has 0 aliphatic heterocycles. The lowest BCUT2D eigenvalue weighted by Crippen LogP contribution is -2.60. The summed E-state index contributed by atoms with van der Waals surface area (Å²) in [5.41, 5.74) is 2.57. The molecule has 1 aliphatic carbocycles. The van der Waals surface area contributed by atoms with E-state index in [1.807, 2.05) is 31.2 Å². The van der Waals surface area contributed by atoms with Crippen LogP contribution in [0.4, 0.5) is 4.79 Å². The van der Waals surface area contributed by atoms with Gasteiger partial charge in [0.2, 0.25) is 5.91 Å². The van der Waals surface area contributed by atoms with Gasteiger partial charge in [-0.15, -0.1) is 0 Å². The SMILES string of the molecule is CC[C@@H](CC(=O)O)NC(=O)C(C)(C)C(C)(C)NC(=O)OCC1c2ccccc2-c2ccccc21. The van der Waals surface area contributed by atoms with E-state index in [0.29, 0.717) is 6.42 Å². The van der Waals surface area contributed by atoms with Gasteiger partial charge in [0.25, 0.3) is 0 Å². The van der Waals surface area contributed by atoms with Crippen LogP contribution in [-0.2, 0) is 14.3 Å². The number of fused-ring (bicyclic) bond motifs is 3. The number of nitrogens with one attached hydrogen (secondary N) is 2. The number of rotatable bonds is 9. The Kier molecular flexibility index (Phi) is 7.34. The lowest BCUT2D eigenvalue weighted by atomic mass is 9.73. The van der Waals surface area contributed by atoms with E-state index in [9.17, 15) is 14.4 Å². The monoisotopic (exact) mass is 466 g/mol. The van der Waals surface area contributed by atoms with Crippen LogP contribution in [0.25, 0.3) is 11.1 Å². The molecular weight excluding hydrogens is 432 g/mol. The molecule has 0 aromatic heterocycles. The Hall–Kier alpha value is -3.35. The van der Waals surface area contributed by atoms with Gasteiger partial charge in [-0.2, -0.15) is 0 Å². The Morgan fingerprint density at radius 3 is 2.00 bits per heavy atom. The van der Waals surface area contributed by atoms with E-state index in [-0.39, 0.29) is 24.9 Å². The van der Waals surface area contributed by atoms with E-state index in [4.69, 9.17) is 9.84 Å². The molecule has 34 heavy (non-hydrogen) atoms. The fraction of sp³-hybridized carbons (Fsp3) is 0.444. The minimum absolute atomic E-state index is 0.0566. The molecule has 7 nitrogen and oxygen atoms in total. The molecule has 182 valence electrons. The molecule has 0 heterocycles.